The number of carbonyl (C=O) groups excluding carboxylic acids is 1. The fraction of sp³-hybridized carbons (Fsp3) is 0.923. The van der Waals surface area contributed by atoms with Crippen LogP contribution in [0, 0.1) is 5.92 Å². The summed E-state index contributed by atoms with van der Waals surface area (Å²) in [5.41, 5.74) is 0. The third-order valence-electron chi connectivity index (χ3n) is 3.29. The van der Waals surface area contributed by atoms with Gasteiger partial charge in [0.2, 0.25) is 5.91 Å². The van der Waals surface area contributed by atoms with Gasteiger partial charge in [0.05, 0.1) is 0 Å². The number of nitrogens with zero attached hydrogens (tertiary/aromatic N) is 2. The van der Waals surface area contributed by atoms with Crippen molar-refractivity contribution in [3.63, 3.8) is 0 Å². The molecule has 0 atom stereocenters. The number of amides is 1. The van der Waals surface area contributed by atoms with Gasteiger partial charge in [0.1, 0.15) is 0 Å². The maximum atomic E-state index is 11.6. The zero-order valence-corrected chi connectivity index (χ0v) is 11.0. The Morgan fingerprint density at radius 3 is 2.44 bits per heavy atom. The molecule has 94 valence electrons. The minimum atomic E-state index is 0.125. The Bertz CT molecular complexity index is 210. The van der Waals surface area contributed by atoms with E-state index in [1.54, 1.807) is 0 Å². The maximum absolute atomic E-state index is 11.6. The number of piperidine rings is 1. The molecule has 3 heteroatoms. The van der Waals surface area contributed by atoms with E-state index in [0.29, 0.717) is 0 Å². The van der Waals surface area contributed by atoms with Crippen LogP contribution in [0.4, 0.5) is 0 Å². The summed E-state index contributed by atoms with van der Waals surface area (Å²) >= 11 is 0. The lowest BCUT2D eigenvalue weighted by Gasteiger charge is -2.27. The van der Waals surface area contributed by atoms with Gasteiger partial charge in [-0.1, -0.05) is 20.3 Å². The predicted octanol–water partition coefficient (Wildman–Crippen LogP) is 1.98. The van der Waals surface area contributed by atoms with Crippen molar-refractivity contribution in [2.75, 3.05) is 33.2 Å². The van der Waals surface area contributed by atoms with Crippen LogP contribution in [0.3, 0.4) is 0 Å². The van der Waals surface area contributed by atoms with Crippen LogP contribution < -0.4 is 0 Å². The molecule has 0 spiro atoms. The number of carbonyl (C=O) groups is 1. The Morgan fingerprint density at radius 1 is 1.25 bits per heavy atom. The fourth-order valence-corrected chi connectivity index (χ4v) is 2.27. The van der Waals surface area contributed by atoms with Crippen molar-refractivity contribution in [2.24, 2.45) is 5.92 Å². The van der Waals surface area contributed by atoms with E-state index < -0.39 is 0 Å². The first-order chi connectivity index (χ1) is 7.61. The van der Waals surface area contributed by atoms with Crippen molar-refractivity contribution in [3.8, 4) is 0 Å². The Labute approximate surface area is 99.8 Å². The normalized spacial score (nSPS) is 17.8. The summed E-state index contributed by atoms with van der Waals surface area (Å²) in [7, 11) is 1.92. The molecule has 1 aliphatic heterocycles. The highest BCUT2D eigenvalue weighted by Crippen LogP contribution is 2.09. The minimum Gasteiger partial charge on any atom is -0.345 e. The Hall–Kier alpha value is -0.570. The molecule has 1 rings (SSSR count). The molecule has 1 fully saturated rings. The molecule has 16 heavy (non-hydrogen) atoms. The van der Waals surface area contributed by atoms with Crippen LogP contribution in [0.1, 0.15) is 39.5 Å². The highest BCUT2D eigenvalue weighted by molar-refractivity contribution is 5.77. The van der Waals surface area contributed by atoms with Crippen molar-refractivity contribution >= 4 is 5.91 Å². The molecule has 0 aromatic rings. The zero-order chi connectivity index (χ0) is 12.0. The molecule has 0 N–H and O–H groups in total. The fourth-order valence-electron chi connectivity index (χ4n) is 2.27. The molecule has 3 nitrogen and oxygen atoms in total. The van der Waals surface area contributed by atoms with Gasteiger partial charge in [-0.25, -0.2) is 0 Å². The highest BCUT2D eigenvalue weighted by atomic mass is 16.2. The highest BCUT2D eigenvalue weighted by Gasteiger charge is 2.13. The molecule has 0 unspecified atom stereocenters. The van der Waals surface area contributed by atoms with Gasteiger partial charge in [0.25, 0.3) is 0 Å². The van der Waals surface area contributed by atoms with Gasteiger partial charge in [0, 0.05) is 19.5 Å². The van der Waals surface area contributed by atoms with Crippen molar-refractivity contribution < 1.29 is 4.79 Å². The van der Waals surface area contributed by atoms with Crippen LogP contribution in [-0.4, -0.2) is 48.9 Å². The van der Waals surface area contributed by atoms with Crippen molar-refractivity contribution in [3.05, 3.63) is 0 Å². The third-order valence-corrected chi connectivity index (χ3v) is 3.29. The molecule has 1 amide bonds. The first-order valence-electron chi connectivity index (χ1n) is 6.58. The summed E-state index contributed by atoms with van der Waals surface area (Å²) in [4.78, 5) is 16.0. The number of rotatable bonds is 5. The van der Waals surface area contributed by atoms with E-state index in [-0.39, 0.29) is 11.8 Å². The van der Waals surface area contributed by atoms with E-state index in [4.69, 9.17) is 0 Å². The largest absolute Gasteiger partial charge is 0.345 e. The molecular weight excluding hydrogens is 200 g/mol. The van der Waals surface area contributed by atoms with Crippen molar-refractivity contribution in [1.82, 2.24) is 9.80 Å². The summed E-state index contributed by atoms with van der Waals surface area (Å²) in [6.07, 6.45) is 5.19. The molecular formula is C13H26N2O. The molecule has 1 saturated heterocycles. The quantitative estimate of drug-likeness (QED) is 0.715. The lowest BCUT2D eigenvalue weighted by Crippen LogP contribution is -2.35. The zero-order valence-electron chi connectivity index (χ0n) is 11.0. The Balaban J connectivity index is 2.12. The first-order valence-corrected chi connectivity index (χ1v) is 6.58. The minimum absolute atomic E-state index is 0.125. The van der Waals surface area contributed by atoms with Crippen LogP contribution in [0.5, 0.6) is 0 Å². The topological polar surface area (TPSA) is 23.6 Å². The molecule has 1 heterocycles. The molecule has 0 aromatic carbocycles. The lowest BCUT2D eigenvalue weighted by atomic mass is 10.1. The lowest BCUT2D eigenvalue weighted by molar-refractivity contribution is -0.133. The third kappa shape index (κ3) is 4.52. The van der Waals surface area contributed by atoms with Gasteiger partial charge < -0.3 is 9.80 Å². The van der Waals surface area contributed by atoms with E-state index in [1.165, 1.54) is 32.4 Å². The summed E-state index contributed by atoms with van der Waals surface area (Å²) in [5, 5.41) is 0. The second kappa shape index (κ2) is 6.89. The average Bonchev–Trinajstić information content (AvgIpc) is 2.29. The number of hydrogen-bond acceptors (Lipinski definition) is 2. The molecule has 0 saturated carbocycles. The molecule has 0 bridgehead atoms. The van der Waals surface area contributed by atoms with Crippen LogP contribution >= 0.6 is 0 Å². The van der Waals surface area contributed by atoms with E-state index >= 15 is 0 Å². The smallest absolute Gasteiger partial charge is 0.224 e. The van der Waals surface area contributed by atoms with Crippen LogP contribution in [0.25, 0.3) is 0 Å². The van der Waals surface area contributed by atoms with Crippen LogP contribution in [0.2, 0.25) is 0 Å². The van der Waals surface area contributed by atoms with Crippen molar-refractivity contribution in [2.45, 2.75) is 39.5 Å². The average molecular weight is 226 g/mol. The molecule has 0 radical (unpaired) electrons. The summed E-state index contributed by atoms with van der Waals surface area (Å²) < 4.78 is 0. The molecule has 1 aliphatic rings. The number of hydrogen-bond donors (Lipinski definition) is 0. The summed E-state index contributed by atoms with van der Waals surface area (Å²) in [6.45, 7) is 8.47. The predicted molar refractivity (Wildman–Crippen MR) is 67.4 cm³/mol. The van der Waals surface area contributed by atoms with Gasteiger partial charge in [-0.15, -0.1) is 0 Å². The standard InChI is InChI=1S/C13H26N2O/c1-12(2)13(16)14(3)8-7-11-15-9-5-4-6-10-15/h12H,4-11H2,1-3H3. The van der Waals surface area contributed by atoms with Crippen LogP contribution in [-0.2, 0) is 4.79 Å². The maximum Gasteiger partial charge on any atom is 0.224 e. The Morgan fingerprint density at radius 2 is 1.88 bits per heavy atom. The number of likely N-dealkylation sites (tertiary alicyclic amines) is 1. The second-order valence-electron chi connectivity index (χ2n) is 5.17. The summed E-state index contributed by atoms with van der Waals surface area (Å²) in [5.74, 6) is 0.388. The first kappa shape index (κ1) is 13.5. The monoisotopic (exact) mass is 226 g/mol. The van der Waals surface area contributed by atoms with Gasteiger partial charge in [-0.05, 0) is 38.9 Å². The van der Waals surface area contributed by atoms with E-state index in [9.17, 15) is 4.79 Å². The molecule has 0 aliphatic carbocycles. The SMILES string of the molecule is CC(C)C(=O)N(C)CCCN1CCCCC1. The van der Waals surface area contributed by atoms with Gasteiger partial charge in [-0.2, -0.15) is 0 Å². The van der Waals surface area contributed by atoms with E-state index in [1.807, 2.05) is 25.8 Å². The Kier molecular flexibility index (Phi) is 5.81. The van der Waals surface area contributed by atoms with E-state index in [0.717, 1.165) is 19.5 Å². The molecule has 0 aromatic heterocycles. The van der Waals surface area contributed by atoms with Gasteiger partial charge in [0.15, 0.2) is 0 Å². The van der Waals surface area contributed by atoms with Crippen molar-refractivity contribution in [1.29, 1.82) is 0 Å². The van der Waals surface area contributed by atoms with E-state index in [2.05, 4.69) is 4.90 Å². The summed E-state index contributed by atoms with van der Waals surface area (Å²) in [6, 6.07) is 0. The van der Waals surface area contributed by atoms with Gasteiger partial charge in [-0.3, -0.25) is 4.79 Å². The van der Waals surface area contributed by atoms with Gasteiger partial charge >= 0.3 is 0 Å². The van der Waals surface area contributed by atoms with Crippen LogP contribution in [0.15, 0.2) is 0 Å². The second-order valence-corrected chi connectivity index (χ2v) is 5.17.